The number of aliphatic imine (C=N–C) groups is 1. The van der Waals surface area contributed by atoms with Crippen molar-refractivity contribution in [3.8, 4) is 0 Å². The molecule has 49 heavy (non-hydrogen) atoms. The first-order valence-electron chi connectivity index (χ1n) is 15.6. The third kappa shape index (κ3) is 13.4. The number of nitrogens with zero attached hydrogens (tertiary/aromatic N) is 1. The van der Waals surface area contributed by atoms with Crippen LogP contribution in [0.1, 0.15) is 68.4 Å². The van der Waals surface area contributed by atoms with Gasteiger partial charge in [0.1, 0.15) is 24.1 Å². The van der Waals surface area contributed by atoms with Crippen molar-refractivity contribution in [1.82, 2.24) is 10.6 Å². The number of hydrogen-bond donors (Lipinski definition) is 3. The number of carbonyl (C=O) groups excluding carboxylic acids is 4. The zero-order chi connectivity index (χ0) is 36.2. The molecule has 3 aromatic carbocycles. The molecule has 3 aromatic rings. The van der Waals surface area contributed by atoms with Crippen LogP contribution in [0.2, 0.25) is 0 Å². The van der Waals surface area contributed by atoms with Crippen LogP contribution in [0.25, 0.3) is 0 Å². The lowest BCUT2D eigenvalue weighted by Gasteiger charge is -2.23. The molecule has 0 spiro atoms. The maximum atomic E-state index is 13.2. The average Bonchev–Trinajstić information content (AvgIpc) is 3.04. The van der Waals surface area contributed by atoms with Gasteiger partial charge in [-0.05, 0) is 69.4 Å². The number of nitrogens with one attached hydrogen (secondary N) is 2. The first-order chi connectivity index (χ1) is 23.0. The van der Waals surface area contributed by atoms with Gasteiger partial charge >= 0.3 is 18.2 Å². The van der Waals surface area contributed by atoms with Crippen molar-refractivity contribution in [3.63, 3.8) is 0 Å². The smallest absolute Gasteiger partial charge is 0.435 e. The van der Waals surface area contributed by atoms with Gasteiger partial charge in [0.2, 0.25) is 11.8 Å². The highest BCUT2D eigenvalue weighted by Crippen LogP contribution is 2.29. The Hall–Kier alpha value is -5.20. The lowest BCUT2D eigenvalue weighted by atomic mass is 9.94. The molecule has 0 fully saturated rings. The molecular weight excluding hydrogens is 641 g/mol. The van der Waals surface area contributed by atoms with Crippen LogP contribution in [-0.2, 0) is 49.6 Å². The number of amidine groups is 1. The molecule has 0 unspecified atom stereocenters. The van der Waals surface area contributed by atoms with Crippen LogP contribution < -0.4 is 16.4 Å². The predicted octanol–water partition coefficient (Wildman–Crippen LogP) is 5.85. The number of halogens is 3. The Labute approximate surface area is 283 Å². The molecule has 13 heteroatoms. The number of esters is 1. The Morgan fingerprint density at radius 3 is 2.04 bits per heavy atom. The van der Waals surface area contributed by atoms with E-state index in [2.05, 4.69) is 15.6 Å². The fourth-order valence-electron chi connectivity index (χ4n) is 4.56. The van der Waals surface area contributed by atoms with E-state index in [9.17, 15) is 32.3 Å². The van der Waals surface area contributed by atoms with Gasteiger partial charge in [-0.25, -0.2) is 4.79 Å². The van der Waals surface area contributed by atoms with E-state index >= 15 is 0 Å². The number of carbonyl (C=O) groups is 4. The summed E-state index contributed by atoms with van der Waals surface area (Å²) >= 11 is 0. The lowest BCUT2D eigenvalue weighted by Crippen LogP contribution is -2.47. The van der Waals surface area contributed by atoms with E-state index in [1.807, 2.05) is 30.3 Å². The average molecular weight is 683 g/mol. The Morgan fingerprint density at radius 2 is 1.45 bits per heavy atom. The molecule has 0 saturated carbocycles. The highest BCUT2D eigenvalue weighted by Gasteiger charge is 2.30. The maximum Gasteiger partial charge on any atom is 0.435 e. The van der Waals surface area contributed by atoms with Crippen molar-refractivity contribution in [2.45, 2.75) is 77.9 Å². The van der Waals surface area contributed by atoms with E-state index in [1.54, 1.807) is 45.0 Å². The summed E-state index contributed by atoms with van der Waals surface area (Å²) in [6.07, 6.45) is -5.22. The molecule has 0 saturated heterocycles. The van der Waals surface area contributed by atoms with Crippen molar-refractivity contribution < 1.29 is 41.8 Å². The molecule has 0 radical (unpaired) electrons. The summed E-state index contributed by atoms with van der Waals surface area (Å²) in [5.74, 6) is -2.61. The van der Waals surface area contributed by atoms with Crippen molar-refractivity contribution in [2.24, 2.45) is 16.6 Å². The maximum absolute atomic E-state index is 13.2. The summed E-state index contributed by atoms with van der Waals surface area (Å²) in [5, 5.41) is 5.36. The summed E-state index contributed by atoms with van der Waals surface area (Å²) in [4.78, 5) is 54.5. The first-order valence-corrected chi connectivity index (χ1v) is 15.6. The van der Waals surface area contributed by atoms with E-state index in [-0.39, 0.29) is 38.2 Å². The summed E-state index contributed by atoms with van der Waals surface area (Å²) in [7, 11) is 0. The normalized spacial score (nSPS) is 13.2. The molecule has 0 aliphatic carbocycles. The molecule has 10 nitrogen and oxygen atoms in total. The molecule has 0 bridgehead atoms. The monoisotopic (exact) mass is 682 g/mol. The number of amides is 3. The minimum atomic E-state index is -4.47. The largest absolute Gasteiger partial charge is 0.460 e. The second-order valence-electron chi connectivity index (χ2n) is 12.4. The van der Waals surface area contributed by atoms with Crippen LogP contribution >= 0.6 is 0 Å². The summed E-state index contributed by atoms with van der Waals surface area (Å²) in [6.45, 7) is 6.73. The van der Waals surface area contributed by atoms with Gasteiger partial charge < -0.3 is 25.8 Å². The fourth-order valence-corrected chi connectivity index (χ4v) is 4.56. The van der Waals surface area contributed by atoms with Crippen LogP contribution in [-0.4, -0.2) is 41.4 Å². The number of rotatable bonds is 13. The third-order valence-corrected chi connectivity index (χ3v) is 7.15. The van der Waals surface area contributed by atoms with E-state index in [4.69, 9.17) is 15.2 Å². The predicted molar refractivity (Wildman–Crippen MR) is 177 cm³/mol. The molecule has 3 rings (SSSR count). The molecule has 4 N–H and O–H groups in total. The second kappa shape index (κ2) is 17.3. The number of aryl methyl sites for hydroxylation is 1. The van der Waals surface area contributed by atoms with Gasteiger partial charge in [-0.3, -0.25) is 14.4 Å². The molecular formula is C36H41F3N4O6. The minimum absolute atomic E-state index is 0.0377. The summed E-state index contributed by atoms with van der Waals surface area (Å²) in [5.41, 5.74) is 6.92. The molecule has 262 valence electrons. The highest BCUT2D eigenvalue weighted by molar-refractivity contribution is 6.02. The second-order valence-corrected chi connectivity index (χ2v) is 12.4. The van der Waals surface area contributed by atoms with E-state index < -0.39 is 53.2 Å². The molecule has 2 atom stereocenters. The topological polar surface area (TPSA) is 149 Å². The van der Waals surface area contributed by atoms with Gasteiger partial charge in [-0.2, -0.15) is 18.2 Å². The van der Waals surface area contributed by atoms with Gasteiger partial charge in [0, 0.05) is 18.0 Å². The van der Waals surface area contributed by atoms with Crippen LogP contribution in [0.5, 0.6) is 0 Å². The van der Waals surface area contributed by atoms with E-state index in [0.29, 0.717) is 16.7 Å². The number of benzene rings is 3. The Bertz CT molecular complexity index is 1600. The third-order valence-electron chi connectivity index (χ3n) is 7.15. The molecule has 0 heterocycles. The van der Waals surface area contributed by atoms with E-state index in [0.717, 1.165) is 17.7 Å². The summed E-state index contributed by atoms with van der Waals surface area (Å²) < 4.78 is 49.3. The van der Waals surface area contributed by atoms with Gasteiger partial charge in [-0.1, -0.05) is 66.7 Å². The SMILES string of the molecule is C[C@H](NC(=O)[C@@H](CCc1ccc(C(F)(F)F)cc1)CC(=O)OC(C)(C)C)C(=O)NCc1ccc(C(N)=NC(=O)OCc2ccccc2)cc1. The Kier molecular flexibility index (Phi) is 13.5. The van der Waals surface area contributed by atoms with Crippen molar-refractivity contribution >= 4 is 29.7 Å². The van der Waals surface area contributed by atoms with Crippen molar-refractivity contribution in [3.05, 3.63) is 107 Å². The standard InChI is InChI=1S/C36H41F3N4O6/c1-23(32(45)41-21-25-11-15-27(16-12-25)31(40)43-34(47)48-22-26-8-6-5-7-9-26)42-33(46)28(20-30(44)49-35(2,3)4)17-10-24-13-18-29(19-14-24)36(37,38)39/h5-9,11-16,18-19,23,28H,10,17,20-22H2,1-4H3,(H,41,45)(H,42,46)(H2,40,43,47)/t23-,28-/m0/s1. The zero-order valence-corrected chi connectivity index (χ0v) is 27.8. The van der Waals surface area contributed by atoms with Gasteiger partial charge in [0.05, 0.1) is 12.0 Å². The highest BCUT2D eigenvalue weighted by atomic mass is 19.4. The molecule has 3 amide bonds. The van der Waals surface area contributed by atoms with Crippen molar-refractivity contribution in [2.75, 3.05) is 0 Å². The molecule has 0 aliphatic heterocycles. The van der Waals surface area contributed by atoms with Crippen molar-refractivity contribution in [1.29, 1.82) is 0 Å². The van der Waals surface area contributed by atoms with Gasteiger partial charge in [0.25, 0.3) is 0 Å². The van der Waals surface area contributed by atoms with Crippen LogP contribution in [0.3, 0.4) is 0 Å². The number of alkyl halides is 3. The van der Waals surface area contributed by atoms with E-state index in [1.165, 1.54) is 19.1 Å². The zero-order valence-electron chi connectivity index (χ0n) is 27.8. The minimum Gasteiger partial charge on any atom is -0.460 e. The Balaban J connectivity index is 1.54. The molecule has 0 aliphatic rings. The summed E-state index contributed by atoms with van der Waals surface area (Å²) in [6, 6.07) is 19.4. The fraction of sp³-hybridized carbons (Fsp3) is 0.361. The lowest BCUT2D eigenvalue weighted by molar-refractivity contribution is -0.157. The number of ether oxygens (including phenoxy) is 2. The molecule has 0 aromatic heterocycles. The Morgan fingerprint density at radius 1 is 0.837 bits per heavy atom. The number of nitrogens with two attached hydrogens (primary N) is 1. The van der Waals surface area contributed by atoms with Crippen LogP contribution in [0, 0.1) is 5.92 Å². The van der Waals surface area contributed by atoms with Gasteiger partial charge in [-0.15, -0.1) is 0 Å². The van der Waals surface area contributed by atoms with Crippen LogP contribution in [0.15, 0.2) is 83.9 Å². The quantitative estimate of drug-likeness (QED) is 0.116. The first kappa shape index (κ1) is 38.2. The van der Waals surface area contributed by atoms with Crippen LogP contribution in [0.4, 0.5) is 18.0 Å². The van der Waals surface area contributed by atoms with Gasteiger partial charge in [0.15, 0.2) is 0 Å². The number of hydrogen-bond acceptors (Lipinski definition) is 6.